The molecule has 2 saturated heterocycles. The number of benzene rings is 4. The van der Waals surface area contributed by atoms with Crippen molar-refractivity contribution in [3.05, 3.63) is 112 Å². The number of urea groups is 1. The largest absolute Gasteiger partial charge is 0.508 e. The number of imide groups is 4. The van der Waals surface area contributed by atoms with E-state index in [1.807, 2.05) is 30.3 Å². The number of rotatable bonds is 5. The summed E-state index contributed by atoms with van der Waals surface area (Å²) in [6, 6.07) is 21.0. The normalized spacial score (nSPS) is 26.9. The number of anilines is 1. The average molecular weight is 726 g/mol. The van der Waals surface area contributed by atoms with E-state index in [2.05, 4.69) is 5.43 Å². The molecule has 0 bridgehead atoms. The Morgan fingerprint density at radius 2 is 1.69 bits per heavy atom. The van der Waals surface area contributed by atoms with E-state index in [9.17, 15) is 24.3 Å². The molecule has 2 aliphatic carbocycles. The summed E-state index contributed by atoms with van der Waals surface area (Å²) in [4.78, 5) is 70.5. The molecular formula is C38H30Cl2N4O7. The molecule has 4 aromatic carbocycles. The number of fused-ring (bicyclic) bond motifs is 5. The van der Waals surface area contributed by atoms with Crippen LogP contribution in [0.5, 0.6) is 11.5 Å². The molecule has 0 aromatic heterocycles. The summed E-state index contributed by atoms with van der Waals surface area (Å²) in [6.45, 7) is 0. The molecule has 2 aliphatic heterocycles. The van der Waals surface area contributed by atoms with Gasteiger partial charge in [-0.25, -0.2) is 4.79 Å². The number of methoxy groups -OCH3 is 1. The van der Waals surface area contributed by atoms with E-state index in [1.165, 1.54) is 13.2 Å². The number of carbonyl (C=O) groups is 5. The fraction of sp³-hybridized carbons (Fsp3) is 0.237. The molecule has 2 heterocycles. The Balaban J connectivity index is 1.42. The summed E-state index contributed by atoms with van der Waals surface area (Å²) in [7, 11) is 1.52. The Hall–Kier alpha value is -5.39. The maximum absolute atomic E-state index is 15.4. The molecule has 13 heteroatoms. The van der Waals surface area contributed by atoms with Gasteiger partial charge in [-0.05, 0) is 71.5 Å². The molecular weight excluding hydrogens is 695 g/mol. The number of nitrogens with zero attached hydrogens (tertiary/aromatic N) is 2. The van der Waals surface area contributed by atoms with Crippen LogP contribution in [0.15, 0.2) is 90.5 Å². The Morgan fingerprint density at radius 3 is 2.39 bits per heavy atom. The van der Waals surface area contributed by atoms with E-state index in [-0.39, 0.29) is 29.3 Å². The lowest BCUT2D eigenvalue weighted by atomic mass is 9.48. The van der Waals surface area contributed by atoms with Gasteiger partial charge in [0.25, 0.3) is 11.8 Å². The summed E-state index contributed by atoms with van der Waals surface area (Å²) in [5, 5.41) is 14.7. The van der Waals surface area contributed by atoms with Gasteiger partial charge >= 0.3 is 6.03 Å². The minimum Gasteiger partial charge on any atom is -0.508 e. The minimum absolute atomic E-state index is 0.0240. The van der Waals surface area contributed by atoms with Crippen LogP contribution < -0.4 is 15.9 Å². The predicted molar refractivity (Wildman–Crippen MR) is 188 cm³/mol. The van der Waals surface area contributed by atoms with Crippen molar-refractivity contribution in [2.24, 2.45) is 29.4 Å². The second-order valence-electron chi connectivity index (χ2n) is 13.3. The van der Waals surface area contributed by atoms with E-state index in [1.54, 1.807) is 48.5 Å². The SMILES string of the molecule is COc1ccc([C@@]23C(=O)N(Nc4ccc(Cl)cc4Cl)C(=O)[C@@H]2C[C@@H]2C(=CC[C@@H]4C(=O)N(C(N)=O)C(=O)[C@@H]42)[C@@H]3c2c(O)ccc3ccccc23)cc1. The van der Waals surface area contributed by atoms with E-state index in [4.69, 9.17) is 33.7 Å². The topological polar surface area (TPSA) is 159 Å². The molecule has 4 N–H and O–H groups in total. The number of aromatic hydroxyl groups is 1. The first-order valence-corrected chi connectivity index (χ1v) is 17.1. The van der Waals surface area contributed by atoms with Gasteiger partial charge < -0.3 is 15.6 Å². The second kappa shape index (κ2) is 11.9. The number of phenolic OH excluding ortho intramolecular Hbond substituents is 1. The smallest absolute Gasteiger partial charge is 0.328 e. The number of hydrogen-bond donors (Lipinski definition) is 3. The van der Waals surface area contributed by atoms with Crippen LogP contribution in [0.3, 0.4) is 0 Å². The Kier molecular flexibility index (Phi) is 7.62. The zero-order valence-electron chi connectivity index (χ0n) is 27.0. The standard InChI is InChI=1S/C38H30Cl2N4O7/c1-51-21-10-7-19(8-11-21)38-26(34(47)44(36(38)49)42-28-14-9-20(39)16-27(28)40)17-25-23(12-13-24-30(25)35(48)43(33(24)46)37(41)50)32(38)31-22-5-3-2-4-18(22)6-15-29(31)45/h2-12,14-16,24-26,30,32,42,45H,13,17H2,1H3,(H2,41,50)/t24-,25+,26-,30-,32+,38+/m0/s1. The van der Waals surface area contributed by atoms with Crippen LogP contribution >= 0.6 is 23.2 Å². The zero-order valence-corrected chi connectivity index (χ0v) is 28.5. The highest BCUT2D eigenvalue weighted by Gasteiger charge is 2.71. The van der Waals surface area contributed by atoms with Crippen molar-refractivity contribution in [2.45, 2.75) is 24.2 Å². The monoisotopic (exact) mass is 724 g/mol. The number of allylic oxidation sites excluding steroid dienone is 2. The van der Waals surface area contributed by atoms with Crippen LogP contribution in [0.25, 0.3) is 10.8 Å². The van der Waals surface area contributed by atoms with Crippen LogP contribution in [0.4, 0.5) is 10.5 Å². The highest BCUT2D eigenvalue weighted by atomic mass is 35.5. The van der Waals surface area contributed by atoms with Crippen LogP contribution in [0.1, 0.15) is 29.9 Å². The summed E-state index contributed by atoms with van der Waals surface area (Å²) >= 11 is 12.7. The maximum atomic E-state index is 15.4. The summed E-state index contributed by atoms with van der Waals surface area (Å²) < 4.78 is 5.45. The fourth-order valence-electron chi connectivity index (χ4n) is 8.96. The van der Waals surface area contributed by atoms with E-state index >= 15 is 4.79 Å². The van der Waals surface area contributed by atoms with Crippen molar-refractivity contribution in [3.8, 4) is 11.5 Å². The van der Waals surface area contributed by atoms with Crippen molar-refractivity contribution in [2.75, 3.05) is 12.5 Å². The molecule has 0 radical (unpaired) electrons. The van der Waals surface area contributed by atoms with Gasteiger partial charge in [-0.3, -0.25) is 24.6 Å². The van der Waals surface area contributed by atoms with Crippen molar-refractivity contribution in [3.63, 3.8) is 0 Å². The molecule has 0 spiro atoms. The van der Waals surface area contributed by atoms with E-state index in [0.717, 1.165) is 10.4 Å². The first-order chi connectivity index (χ1) is 24.5. The van der Waals surface area contributed by atoms with Crippen LogP contribution in [0.2, 0.25) is 10.0 Å². The molecule has 6 amide bonds. The van der Waals surface area contributed by atoms with E-state index < -0.39 is 64.7 Å². The molecule has 6 atom stereocenters. The first-order valence-electron chi connectivity index (χ1n) is 16.3. The highest BCUT2D eigenvalue weighted by Crippen LogP contribution is 2.65. The molecule has 51 heavy (non-hydrogen) atoms. The molecule has 4 aliphatic rings. The molecule has 3 fully saturated rings. The predicted octanol–water partition coefficient (Wildman–Crippen LogP) is 5.92. The van der Waals surface area contributed by atoms with Crippen molar-refractivity contribution < 1.29 is 33.8 Å². The summed E-state index contributed by atoms with van der Waals surface area (Å²) in [5.74, 6) is -7.05. The fourth-order valence-corrected chi connectivity index (χ4v) is 9.41. The Labute approximate surface area is 301 Å². The third-order valence-corrected chi connectivity index (χ3v) is 11.6. The zero-order chi connectivity index (χ0) is 35.9. The number of primary amides is 1. The first kappa shape index (κ1) is 32.8. The number of amides is 6. The second-order valence-corrected chi connectivity index (χ2v) is 14.1. The Bertz CT molecular complexity index is 2240. The van der Waals surface area contributed by atoms with Crippen LogP contribution in [-0.2, 0) is 24.6 Å². The van der Waals surface area contributed by atoms with Gasteiger partial charge in [0, 0.05) is 16.5 Å². The third kappa shape index (κ3) is 4.61. The van der Waals surface area contributed by atoms with E-state index in [0.29, 0.717) is 37.8 Å². The van der Waals surface area contributed by atoms with Crippen LogP contribution in [0, 0.1) is 23.7 Å². The van der Waals surface area contributed by atoms with Crippen molar-refractivity contribution >= 4 is 69.3 Å². The van der Waals surface area contributed by atoms with Gasteiger partial charge in [0.05, 0.1) is 41.0 Å². The number of ether oxygens (including phenoxy) is 1. The van der Waals surface area contributed by atoms with Gasteiger partial charge in [-0.1, -0.05) is 77.3 Å². The van der Waals surface area contributed by atoms with Gasteiger partial charge in [0.2, 0.25) is 11.8 Å². The number of hydrazine groups is 1. The molecule has 258 valence electrons. The molecule has 11 nitrogen and oxygen atoms in total. The average Bonchev–Trinajstić information content (AvgIpc) is 3.50. The highest BCUT2D eigenvalue weighted by molar-refractivity contribution is 6.36. The summed E-state index contributed by atoms with van der Waals surface area (Å²) in [5.41, 5.74) is 8.50. The lowest BCUT2D eigenvalue weighted by Crippen LogP contribution is -2.53. The number of phenols is 1. The minimum atomic E-state index is -1.68. The van der Waals surface area contributed by atoms with Crippen molar-refractivity contribution in [1.29, 1.82) is 0 Å². The van der Waals surface area contributed by atoms with Crippen molar-refractivity contribution in [1.82, 2.24) is 9.91 Å². The number of nitrogens with two attached hydrogens (primary N) is 1. The molecule has 8 rings (SSSR count). The number of likely N-dealkylation sites (tertiary alicyclic amines) is 1. The van der Waals surface area contributed by atoms with Gasteiger partial charge in [0.1, 0.15) is 11.5 Å². The summed E-state index contributed by atoms with van der Waals surface area (Å²) in [6.07, 6.45) is 1.89. The van der Waals surface area contributed by atoms with Gasteiger partial charge in [-0.15, -0.1) is 0 Å². The molecule has 1 saturated carbocycles. The molecule has 0 unspecified atom stereocenters. The third-order valence-electron chi connectivity index (χ3n) is 11.0. The van der Waals surface area contributed by atoms with Crippen LogP contribution in [-0.4, -0.2) is 51.8 Å². The number of halogens is 2. The lowest BCUT2D eigenvalue weighted by molar-refractivity contribution is -0.139. The quantitative estimate of drug-likeness (QED) is 0.169. The molecule has 4 aromatic rings. The van der Waals surface area contributed by atoms with Gasteiger partial charge in [0.15, 0.2) is 0 Å². The Morgan fingerprint density at radius 1 is 0.941 bits per heavy atom. The number of hydrogen-bond acceptors (Lipinski definition) is 8. The lowest BCUT2D eigenvalue weighted by Gasteiger charge is -2.51. The van der Waals surface area contributed by atoms with Gasteiger partial charge in [-0.2, -0.15) is 9.91 Å². The number of carbonyl (C=O) groups excluding carboxylic acids is 5. The number of nitrogens with one attached hydrogen (secondary N) is 1. The maximum Gasteiger partial charge on any atom is 0.328 e.